The molecule has 0 heterocycles. The summed E-state index contributed by atoms with van der Waals surface area (Å²) in [7, 11) is 0. The molecule has 0 N–H and O–H groups in total. The van der Waals surface area contributed by atoms with Crippen LogP contribution in [0.3, 0.4) is 0 Å². The Balaban J connectivity index is 1.41. The molecule has 0 saturated heterocycles. The summed E-state index contributed by atoms with van der Waals surface area (Å²) in [5, 5.41) is 0. The van der Waals surface area contributed by atoms with Gasteiger partial charge in [0.25, 0.3) is 0 Å². The summed E-state index contributed by atoms with van der Waals surface area (Å²) in [6.07, 6.45) is 10.8. The molecule has 132 valence electrons. The minimum absolute atomic E-state index is 0.413. The molecule has 0 aliphatic heterocycles. The van der Waals surface area contributed by atoms with E-state index in [1.165, 1.54) is 44.9 Å². The molecule has 1 heteroatoms. The predicted octanol–water partition coefficient (Wildman–Crippen LogP) is 6.07. The van der Waals surface area contributed by atoms with E-state index in [1.807, 2.05) is 0 Å². The maximum Gasteiger partial charge on any atom is 0.0640 e. The molecular formula is C22H38O. The Morgan fingerprint density at radius 2 is 1.70 bits per heavy atom. The Morgan fingerprint density at radius 1 is 0.957 bits per heavy atom. The zero-order chi connectivity index (χ0) is 16.6. The van der Waals surface area contributed by atoms with Crippen molar-refractivity contribution in [3.8, 4) is 0 Å². The van der Waals surface area contributed by atoms with Crippen LogP contribution in [0.25, 0.3) is 0 Å². The van der Waals surface area contributed by atoms with Crippen molar-refractivity contribution in [2.45, 2.75) is 98.7 Å². The van der Waals surface area contributed by atoms with E-state index in [4.69, 9.17) is 4.74 Å². The smallest absolute Gasteiger partial charge is 0.0640 e. The first kappa shape index (κ1) is 16.4. The van der Waals surface area contributed by atoms with E-state index in [-0.39, 0.29) is 0 Å². The van der Waals surface area contributed by atoms with Gasteiger partial charge in [0.15, 0.2) is 0 Å². The molecule has 0 amide bonds. The normalized spacial score (nSPS) is 50.6. The highest BCUT2D eigenvalue weighted by Gasteiger charge is 2.62. The van der Waals surface area contributed by atoms with E-state index in [1.54, 1.807) is 0 Å². The first-order valence-electron chi connectivity index (χ1n) is 10.3. The Kier molecular flexibility index (Phi) is 3.57. The minimum atomic E-state index is 0.413. The monoisotopic (exact) mass is 318 g/mol. The van der Waals surface area contributed by atoms with Crippen LogP contribution < -0.4 is 0 Å². The number of fused-ring (bicyclic) bond motifs is 4. The van der Waals surface area contributed by atoms with Crippen molar-refractivity contribution in [2.75, 3.05) is 0 Å². The molecule has 4 bridgehead atoms. The molecule has 0 radical (unpaired) electrons. The topological polar surface area (TPSA) is 9.23 Å². The van der Waals surface area contributed by atoms with Gasteiger partial charge in [-0.1, -0.05) is 34.6 Å². The van der Waals surface area contributed by atoms with Gasteiger partial charge in [-0.15, -0.1) is 0 Å². The maximum absolute atomic E-state index is 6.75. The Hall–Kier alpha value is -0.0400. The third-order valence-corrected chi connectivity index (χ3v) is 9.75. The van der Waals surface area contributed by atoms with Gasteiger partial charge in [-0.25, -0.2) is 0 Å². The van der Waals surface area contributed by atoms with Gasteiger partial charge in [-0.05, 0) is 91.8 Å². The summed E-state index contributed by atoms with van der Waals surface area (Å²) in [6.45, 7) is 14.9. The van der Waals surface area contributed by atoms with Crippen molar-refractivity contribution in [1.29, 1.82) is 0 Å². The van der Waals surface area contributed by atoms with Crippen molar-refractivity contribution in [3.63, 3.8) is 0 Å². The third-order valence-electron chi connectivity index (χ3n) is 9.75. The predicted molar refractivity (Wildman–Crippen MR) is 96.3 cm³/mol. The van der Waals surface area contributed by atoms with E-state index >= 15 is 0 Å². The highest BCUT2D eigenvalue weighted by Crippen LogP contribution is 2.66. The molecule has 23 heavy (non-hydrogen) atoms. The largest absolute Gasteiger partial charge is 0.375 e. The second-order valence-corrected chi connectivity index (χ2v) is 11.0. The molecule has 7 unspecified atom stereocenters. The van der Waals surface area contributed by atoms with Gasteiger partial charge in [0.05, 0.1) is 12.2 Å². The van der Waals surface area contributed by atoms with E-state index in [0.717, 1.165) is 23.7 Å². The SMILES string of the molecule is CC(CC1C2CCC(C2)C1(C)C)OC1CC2CCC1(C)C2(C)C. The zero-order valence-corrected chi connectivity index (χ0v) is 16.3. The highest BCUT2D eigenvalue weighted by molar-refractivity contribution is 5.11. The van der Waals surface area contributed by atoms with Crippen LogP contribution in [0.5, 0.6) is 0 Å². The van der Waals surface area contributed by atoms with Crippen LogP contribution in [-0.2, 0) is 4.74 Å². The summed E-state index contributed by atoms with van der Waals surface area (Å²) in [5.41, 5.74) is 1.44. The molecule has 4 fully saturated rings. The Bertz CT molecular complexity index is 478. The quantitative estimate of drug-likeness (QED) is 0.611. The molecule has 0 aromatic carbocycles. The van der Waals surface area contributed by atoms with Crippen LogP contribution in [0.4, 0.5) is 0 Å². The number of hydrogen-bond donors (Lipinski definition) is 0. The van der Waals surface area contributed by atoms with E-state index < -0.39 is 0 Å². The summed E-state index contributed by atoms with van der Waals surface area (Å²) >= 11 is 0. The summed E-state index contributed by atoms with van der Waals surface area (Å²) < 4.78 is 6.75. The second-order valence-electron chi connectivity index (χ2n) is 11.0. The molecule has 0 spiro atoms. The van der Waals surface area contributed by atoms with Gasteiger partial charge in [-0.3, -0.25) is 0 Å². The van der Waals surface area contributed by atoms with Gasteiger partial charge < -0.3 is 4.74 Å². The molecule has 4 saturated carbocycles. The van der Waals surface area contributed by atoms with Crippen LogP contribution in [0.1, 0.15) is 86.5 Å². The maximum atomic E-state index is 6.75. The van der Waals surface area contributed by atoms with Gasteiger partial charge in [0, 0.05) is 0 Å². The van der Waals surface area contributed by atoms with Crippen molar-refractivity contribution in [1.82, 2.24) is 0 Å². The number of hydrogen-bond acceptors (Lipinski definition) is 1. The second kappa shape index (κ2) is 4.99. The lowest BCUT2D eigenvalue weighted by molar-refractivity contribution is -0.0937. The summed E-state index contributed by atoms with van der Waals surface area (Å²) in [6, 6.07) is 0. The van der Waals surface area contributed by atoms with E-state index in [9.17, 15) is 0 Å². The lowest BCUT2D eigenvalue weighted by Crippen LogP contribution is -2.40. The van der Waals surface area contributed by atoms with Crippen LogP contribution in [0.15, 0.2) is 0 Å². The van der Waals surface area contributed by atoms with Crippen molar-refractivity contribution in [3.05, 3.63) is 0 Å². The lowest BCUT2D eigenvalue weighted by atomic mass is 9.67. The van der Waals surface area contributed by atoms with Gasteiger partial charge in [0.2, 0.25) is 0 Å². The van der Waals surface area contributed by atoms with Crippen molar-refractivity contribution in [2.24, 2.45) is 39.9 Å². The minimum Gasteiger partial charge on any atom is -0.375 e. The third kappa shape index (κ3) is 2.14. The van der Waals surface area contributed by atoms with Crippen LogP contribution in [-0.4, -0.2) is 12.2 Å². The first-order chi connectivity index (χ1) is 10.7. The van der Waals surface area contributed by atoms with Crippen LogP contribution in [0.2, 0.25) is 0 Å². The van der Waals surface area contributed by atoms with Crippen LogP contribution in [0, 0.1) is 39.9 Å². The molecule has 4 rings (SSSR count). The van der Waals surface area contributed by atoms with Gasteiger partial charge >= 0.3 is 0 Å². The molecule has 1 nitrogen and oxygen atoms in total. The first-order valence-corrected chi connectivity index (χ1v) is 10.3. The highest BCUT2D eigenvalue weighted by atomic mass is 16.5. The average Bonchev–Trinajstić information content (AvgIpc) is 3.12. The van der Waals surface area contributed by atoms with Gasteiger partial charge in [0.1, 0.15) is 0 Å². The molecule has 0 aromatic heterocycles. The van der Waals surface area contributed by atoms with Crippen molar-refractivity contribution >= 4 is 0 Å². The number of ether oxygens (including phenoxy) is 1. The standard InChI is InChI=1S/C22H38O/c1-14(11-18-15-7-8-16(12-15)20(18,2)3)23-19-13-17-9-10-22(19,6)21(17,4)5/h14-19H,7-13H2,1-6H3. The zero-order valence-electron chi connectivity index (χ0n) is 16.3. The molecular weight excluding hydrogens is 280 g/mol. The van der Waals surface area contributed by atoms with Crippen molar-refractivity contribution < 1.29 is 4.74 Å². The van der Waals surface area contributed by atoms with E-state index in [2.05, 4.69) is 41.5 Å². The van der Waals surface area contributed by atoms with Crippen LogP contribution >= 0.6 is 0 Å². The van der Waals surface area contributed by atoms with Gasteiger partial charge in [-0.2, -0.15) is 0 Å². The number of rotatable bonds is 4. The fraction of sp³-hybridized carbons (Fsp3) is 1.00. The average molecular weight is 319 g/mol. The molecule has 7 atom stereocenters. The molecule has 4 aliphatic rings. The fourth-order valence-corrected chi connectivity index (χ4v) is 7.49. The fourth-order valence-electron chi connectivity index (χ4n) is 7.49. The molecule has 0 aromatic rings. The Morgan fingerprint density at radius 3 is 2.22 bits per heavy atom. The summed E-state index contributed by atoms with van der Waals surface area (Å²) in [4.78, 5) is 0. The summed E-state index contributed by atoms with van der Waals surface area (Å²) in [5.74, 6) is 3.77. The lowest BCUT2D eigenvalue weighted by Gasteiger charge is -2.42. The Labute approximate surface area is 143 Å². The molecule has 4 aliphatic carbocycles. The van der Waals surface area contributed by atoms with E-state index in [0.29, 0.717) is 28.5 Å².